The number of nitrogens with two attached hydrogens (primary N) is 2. The number of carboxylic acid groups (broad SMARTS) is 1. The summed E-state index contributed by atoms with van der Waals surface area (Å²) >= 11 is 0. The zero-order valence-electron chi connectivity index (χ0n) is 25.3. The van der Waals surface area contributed by atoms with E-state index in [9.17, 15) is 20.1 Å². The van der Waals surface area contributed by atoms with Gasteiger partial charge in [0.05, 0.1) is 68.5 Å². The average Bonchev–Trinajstić information content (AvgIpc) is 3.24. The Morgan fingerprint density at radius 3 is 1.74 bits per heavy atom. The summed E-state index contributed by atoms with van der Waals surface area (Å²) in [5.74, 6) is -1.04. The van der Waals surface area contributed by atoms with Crippen LogP contribution in [-0.2, 0) is 4.79 Å². The van der Waals surface area contributed by atoms with Crippen molar-refractivity contribution in [1.29, 1.82) is 0 Å². The molecule has 13 heteroatoms. The summed E-state index contributed by atoms with van der Waals surface area (Å²) in [4.78, 5) is 10.5. The number of allylic oxidation sites excluding steroid dienone is 2. The minimum absolute atomic E-state index is 0.0802. The fraction of sp³-hybridized carbons (Fsp3) is 0.828. The molecular weight excluding hydrogens is 552 g/mol. The maximum atomic E-state index is 10.5. The van der Waals surface area contributed by atoms with Crippen LogP contribution in [0.15, 0.2) is 24.3 Å². The summed E-state index contributed by atoms with van der Waals surface area (Å²) in [6, 6.07) is 0. The molecule has 0 aromatic carbocycles. The maximum absolute atomic E-state index is 10.5. The van der Waals surface area contributed by atoms with E-state index in [2.05, 4.69) is 6.92 Å². The van der Waals surface area contributed by atoms with Crippen LogP contribution in [-0.4, -0.2) is 126 Å². The molecule has 0 aliphatic heterocycles. The van der Waals surface area contributed by atoms with E-state index in [1.54, 1.807) is 13.0 Å². The highest BCUT2D eigenvalue weighted by molar-refractivity contribution is 5.66. The second-order valence-corrected chi connectivity index (χ2v) is 11.5. The maximum Gasteiger partial charge on any atom is 0.303 e. The van der Waals surface area contributed by atoms with E-state index < -0.39 is 74.5 Å². The summed E-state index contributed by atoms with van der Waals surface area (Å²) in [5, 5.41) is 89.6. The molecule has 42 heavy (non-hydrogen) atoms. The topological polar surface area (TPSA) is 271 Å². The summed E-state index contributed by atoms with van der Waals surface area (Å²) in [6.07, 6.45) is 12.7. The van der Waals surface area contributed by atoms with Gasteiger partial charge in [-0.15, -0.1) is 0 Å². The summed E-state index contributed by atoms with van der Waals surface area (Å²) in [7, 11) is 0. The minimum Gasteiger partial charge on any atom is -0.481 e. The number of aliphatic hydroxyl groups excluding tert-OH is 8. The number of unbranched alkanes of at least 4 members (excludes halogenated alkanes) is 3. The highest BCUT2D eigenvalue weighted by Crippen LogP contribution is 2.37. The Morgan fingerprint density at radius 2 is 1.33 bits per heavy atom. The first-order valence-corrected chi connectivity index (χ1v) is 14.5. The van der Waals surface area contributed by atoms with Gasteiger partial charge in [0.25, 0.3) is 0 Å². The largest absolute Gasteiger partial charge is 0.481 e. The predicted octanol–water partition coefficient (Wildman–Crippen LogP) is -1.25. The molecule has 0 aromatic heterocycles. The summed E-state index contributed by atoms with van der Waals surface area (Å²) < 4.78 is 0. The van der Waals surface area contributed by atoms with Crippen LogP contribution in [0, 0.1) is 11.8 Å². The Morgan fingerprint density at radius 1 is 0.833 bits per heavy atom. The number of hydrogen-bond acceptors (Lipinski definition) is 12. The number of rotatable bonds is 18. The molecule has 1 fully saturated rings. The number of aliphatic hydroxyl groups is 9. The van der Waals surface area contributed by atoms with Crippen molar-refractivity contribution in [3.05, 3.63) is 24.3 Å². The minimum atomic E-state index is -1.21. The van der Waals surface area contributed by atoms with Gasteiger partial charge in [-0.3, -0.25) is 4.79 Å². The molecule has 0 radical (unpaired) electrons. The van der Waals surface area contributed by atoms with Gasteiger partial charge < -0.3 is 62.5 Å². The van der Waals surface area contributed by atoms with Gasteiger partial charge in [-0.2, -0.15) is 0 Å². The molecular formula is C29H58N2O11. The van der Waals surface area contributed by atoms with Crippen molar-refractivity contribution in [2.45, 2.75) is 101 Å². The third-order valence-corrected chi connectivity index (χ3v) is 7.11. The van der Waals surface area contributed by atoms with E-state index in [-0.39, 0.29) is 18.3 Å². The Bertz CT molecular complexity index is 707. The van der Waals surface area contributed by atoms with Crippen LogP contribution >= 0.6 is 0 Å². The lowest BCUT2D eigenvalue weighted by molar-refractivity contribution is -0.137. The van der Waals surface area contributed by atoms with Gasteiger partial charge in [-0.1, -0.05) is 50.5 Å². The molecule has 0 bridgehead atoms. The van der Waals surface area contributed by atoms with Crippen LogP contribution in [0.2, 0.25) is 0 Å². The molecule has 5 atom stereocenters. The zero-order valence-corrected chi connectivity index (χ0v) is 25.3. The SMILES string of the molecule is CCCCC[C@](C)(O)/C=C/[C@@H]1[C@@H](C/C=C\CCCC(=O)O)[C@@H](O)C[C@H]1O.NC(CO)(CO)CO.NC(CO)(CO)CO. The van der Waals surface area contributed by atoms with Crippen molar-refractivity contribution in [2.75, 3.05) is 39.6 Å². The molecule has 0 aromatic rings. The molecule has 0 amide bonds. The van der Waals surface area contributed by atoms with E-state index in [0.29, 0.717) is 32.1 Å². The number of carbonyl (C=O) groups is 1. The van der Waals surface area contributed by atoms with Gasteiger partial charge >= 0.3 is 5.97 Å². The van der Waals surface area contributed by atoms with E-state index in [1.807, 2.05) is 18.2 Å². The number of hydrogen-bond donors (Lipinski definition) is 12. The van der Waals surface area contributed by atoms with Crippen LogP contribution in [0.3, 0.4) is 0 Å². The molecule has 0 unspecified atom stereocenters. The molecule has 0 saturated heterocycles. The molecule has 1 rings (SSSR count). The van der Waals surface area contributed by atoms with E-state index in [1.165, 1.54) is 0 Å². The fourth-order valence-electron chi connectivity index (χ4n) is 3.88. The van der Waals surface area contributed by atoms with Crippen molar-refractivity contribution in [3.8, 4) is 0 Å². The van der Waals surface area contributed by atoms with Crippen LogP contribution in [0.25, 0.3) is 0 Å². The van der Waals surface area contributed by atoms with E-state index >= 15 is 0 Å². The second kappa shape index (κ2) is 23.0. The van der Waals surface area contributed by atoms with E-state index in [0.717, 1.165) is 19.3 Å². The first-order chi connectivity index (χ1) is 19.6. The number of aliphatic carboxylic acids is 1. The van der Waals surface area contributed by atoms with Crippen molar-refractivity contribution in [3.63, 3.8) is 0 Å². The molecule has 1 saturated carbocycles. The molecule has 14 N–H and O–H groups in total. The highest BCUT2D eigenvalue weighted by atomic mass is 16.4. The van der Waals surface area contributed by atoms with Gasteiger partial charge in [0.2, 0.25) is 0 Å². The van der Waals surface area contributed by atoms with Gasteiger partial charge in [0.15, 0.2) is 0 Å². The first-order valence-electron chi connectivity index (χ1n) is 14.5. The van der Waals surface area contributed by atoms with Crippen molar-refractivity contribution in [2.24, 2.45) is 23.3 Å². The molecule has 0 spiro atoms. The first kappa shape index (κ1) is 42.6. The van der Waals surface area contributed by atoms with Crippen LogP contribution in [0.1, 0.15) is 71.6 Å². The average molecular weight is 611 g/mol. The quantitative estimate of drug-likeness (QED) is 0.0640. The monoisotopic (exact) mass is 610 g/mol. The number of carboxylic acids is 1. The standard InChI is InChI=1S/C21H36O5.2C4H11NO3/c1-3-4-9-13-21(2,26)14-12-17-16(18(22)15-19(17)23)10-7-5-6-8-11-20(24)25;2*5-4(1-6,2-7)3-8/h5,7,12,14,16-19,22-23,26H,3-4,6,8-11,13,15H2,1-2H3,(H,24,25);2*6-8H,1-3,5H2/b7-5-,14-12+;;/t16-,17-,18+,19-,21+;;/m1../s1. The lowest BCUT2D eigenvalue weighted by atomic mass is 9.88. The Hall–Kier alpha value is -1.49. The van der Waals surface area contributed by atoms with Crippen LogP contribution in [0.4, 0.5) is 0 Å². The fourth-order valence-corrected chi connectivity index (χ4v) is 3.88. The van der Waals surface area contributed by atoms with Crippen LogP contribution in [0.5, 0.6) is 0 Å². The van der Waals surface area contributed by atoms with Gasteiger partial charge in [-0.25, -0.2) is 0 Å². The lowest BCUT2D eigenvalue weighted by Gasteiger charge is -2.23. The third kappa shape index (κ3) is 18.9. The molecule has 0 heterocycles. The molecule has 1 aliphatic carbocycles. The Kier molecular flexibility index (Phi) is 23.3. The molecule has 1 aliphatic rings. The van der Waals surface area contributed by atoms with Crippen molar-refractivity contribution >= 4 is 5.97 Å². The highest BCUT2D eigenvalue weighted by Gasteiger charge is 2.39. The van der Waals surface area contributed by atoms with Crippen molar-refractivity contribution < 1.29 is 55.9 Å². The third-order valence-electron chi connectivity index (χ3n) is 7.11. The van der Waals surface area contributed by atoms with Gasteiger partial charge in [-0.05, 0) is 38.5 Å². The summed E-state index contributed by atoms with van der Waals surface area (Å²) in [5.41, 5.74) is 6.99. The normalized spacial score (nSPS) is 22.4. The Labute approximate surface area is 249 Å². The Balaban J connectivity index is 0. The molecule has 250 valence electrons. The smallest absolute Gasteiger partial charge is 0.303 e. The zero-order chi connectivity index (χ0) is 32.8. The molecule has 13 nitrogen and oxygen atoms in total. The van der Waals surface area contributed by atoms with Crippen molar-refractivity contribution in [1.82, 2.24) is 0 Å². The predicted molar refractivity (Wildman–Crippen MR) is 159 cm³/mol. The van der Waals surface area contributed by atoms with Gasteiger partial charge in [0.1, 0.15) is 0 Å². The second-order valence-electron chi connectivity index (χ2n) is 11.5. The summed E-state index contributed by atoms with van der Waals surface area (Å²) in [6.45, 7) is 1.49. The lowest BCUT2D eigenvalue weighted by Crippen LogP contribution is -2.50. The van der Waals surface area contributed by atoms with Crippen LogP contribution < -0.4 is 11.5 Å². The van der Waals surface area contributed by atoms with Gasteiger partial charge in [0, 0.05) is 18.8 Å². The van der Waals surface area contributed by atoms with E-state index in [4.69, 9.17) is 47.2 Å².